The van der Waals surface area contributed by atoms with Crippen LogP contribution in [0.25, 0.3) is 0 Å². The Balaban J connectivity index is 1.71. The molecule has 1 aromatic carbocycles. The van der Waals surface area contributed by atoms with E-state index in [2.05, 4.69) is 70.8 Å². The monoisotopic (exact) mass is 328 g/mol. The number of aliphatic imine (C=N–C) groups is 1. The van der Waals surface area contributed by atoms with Crippen LogP contribution in [0.4, 0.5) is 0 Å². The normalized spacial score (nSPS) is 17.4. The third-order valence-corrected chi connectivity index (χ3v) is 4.48. The molecule has 0 aromatic heterocycles. The van der Waals surface area contributed by atoms with Gasteiger partial charge in [0.25, 0.3) is 0 Å². The molecule has 132 valence electrons. The number of piperidine rings is 1. The Kier molecular flexibility index (Phi) is 7.83. The number of hydrogen-bond acceptors (Lipinski definition) is 2. The quantitative estimate of drug-likeness (QED) is 0.365. The number of hydrogen-bond donors (Lipinski definition) is 2. The lowest BCUT2D eigenvalue weighted by Gasteiger charge is -2.33. The summed E-state index contributed by atoms with van der Waals surface area (Å²) in [4.78, 5) is 6.88. The highest BCUT2D eigenvalue weighted by molar-refractivity contribution is 5.79. The molecule has 0 unspecified atom stereocenters. The van der Waals surface area contributed by atoms with Gasteiger partial charge in [0.15, 0.2) is 5.96 Å². The van der Waals surface area contributed by atoms with Gasteiger partial charge in [-0.1, -0.05) is 42.0 Å². The van der Waals surface area contributed by atoms with E-state index in [0.717, 1.165) is 38.6 Å². The van der Waals surface area contributed by atoms with Crippen LogP contribution < -0.4 is 10.6 Å². The van der Waals surface area contributed by atoms with Crippen molar-refractivity contribution in [2.45, 2.75) is 45.7 Å². The van der Waals surface area contributed by atoms with Gasteiger partial charge >= 0.3 is 0 Å². The van der Waals surface area contributed by atoms with Gasteiger partial charge in [-0.25, -0.2) is 0 Å². The summed E-state index contributed by atoms with van der Waals surface area (Å²) in [5, 5.41) is 6.95. The van der Waals surface area contributed by atoms with Crippen LogP contribution in [0.1, 0.15) is 37.3 Å². The number of guanidine groups is 1. The molecule has 2 rings (SSSR count). The predicted molar refractivity (Wildman–Crippen MR) is 103 cm³/mol. The van der Waals surface area contributed by atoms with Crippen molar-refractivity contribution in [1.82, 2.24) is 15.5 Å². The van der Waals surface area contributed by atoms with E-state index in [9.17, 15) is 0 Å². The lowest BCUT2D eigenvalue weighted by atomic mass is 10.0. The first-order chi connectivity index (χ1) is 11.7. The molecule has 4 nitrogen and oxygen atoms in total. The number of likely N-dealkylation sites (tertiary alicyclic amines) is 1. The molecule has 2 N–H and O–H groups in total. The molecule has 1 aliphatic heterocycles. The van der Waals surface area contributed by atoms with Gasteiger partial charge in [0.05, 0.1) is 0 Å². The molecule has 1 aliphatic rings. The summed E-state index contributed by atoms with van der Waals surface area (Å²) in [6.07, 6.45) is 7.63. The molecular formula is C20H32N4. The zero-order chi connectivity index (χ0) is 17.2. The Morgan fingerprint density at radius 2 is 2.12 bits per heavy atom. The molecule has 0 saturated carbocycles. The Labute approximate surface area is 147 Å². The van der Waals surface area contributed by atoms with Gasteiger partial charge in [-0.05, 0) is 38.7 Å². The summed E-state index contributed by atoms with van der Waals surface area (Å²) in [6.45, 7) is 8.48. The molecule has 4 heteroatoms. The average molecular weight is 329 g/mol. The van der Waals surface area contributed by atoms with Crippen LogP contribution in [-0.2, 0) is 6.54 Å². The Morgan fingerprint density at radius 3 is 2.79 bits per heavy atom. The van der Waals surface area contributed by atoms with E-state index in [1.165, 1.54) is 24.0 Å². The summed E-state index contributed by atoms with van der Waals surface area (Å²) < 4.78 is 0. The molecule has 24 heavy (non-hydrogen) atoms. The van der Waals surface area contributed by atoms with Crippen LogP contribution >= 0.6 is 0 Å². The first kappa shape index (κ1) is 18.5. The number of benzene rings is 1. The summed E-state index contributed by atoms with van der Waals surface area (Å²) in [6, 6.07) is 9.36. The van der Waals surface area contributed by atoms with Gasteiger partial charge in [-0.2, -0.15) is 0 Å². The van der Waals surface area contributed by atoms with E-state index in [0.29, 0.717) is 6.04 Å². The Morgan fingerprint density at radius 1 is 1.33 bits per heavy atom. The SMILES string of the molecule is CC=CCCNC(=NC)NC1CCN(Cc2cccc(C)c2)CC1. The minimum absolute atomic E-state index is 0.520. The third-order valence-electron chi connectivity index (χ3n) is 4.48. The van der Waals surface area contributed by atoms with Gasteiger partial charge in [-0.3, -0.25) is 9.89 Å². The number of nitrogens with one attached hydrogen (secondary N) is 2. The second-order valence-electron chi connectivity index (χ2n) is 6.54. The van der Waals surface area contributed by atoms with Crippen LogP contribution in [-0.4, -0.2) is 43.6 Å². The van der Waals surface area contributed by atoms with Crippen molar-refractivity contribution in [3.05, 3.63) is 47.5 Å². The molecule has 0 atom stereocenters. The zero-order valence-corrected chi connectivity index (χ0v) is 15.4. The van der Waals surface area contributed by atoms with Crippen molar-refractivity contribution in [1.29, 1.82) is 0 Å². The standard InChI is InChI=1S/C20H32N4/c1-4-5-6-12-22-20(21-3)23-19-10-13-24(14-11-19)16-18-9-7-8-17(2)15-18/h4-5,7-9,15,19H,6,10-14,16H2,1-3H3,(H2,21,22,23). The van der Waals surface area contributed by atoms with Crippen LogP contribution in [0.2, 0.25) is 0 Å². The molecule has 0 radical (unpaired) electrons. The topological polar surface area (TPSA) is 39.7 Å². The molecule has 1 saturated heterocycles. The van der Waals surface area contributed by atoms with Crippen molar-refractivity contribution in [3.8, 4) is 0 Å². The Hall–Kier alpha value is -1.81. The van der Waals surface area contributed by atoms with Crippen molar-refractivity contribution < 1.29 is 0 Å². The van der Waals surface area contributed by atoms with Gasteiger partial charge in [0.2, 0.25) is 0 Å². The van der Waals surface area contributed by atoms with Crippen LogP contribution in [0.5, 0.6) is 0 Å². The van der Waals surface area contributed by atoms with Crippen molar-refractivity contribution in [2.24, 2.45) is 4.99 Å². The largest absolute Gasteiger partial charge is 0.356 e. The second-order valence-corrected chi connectivity index (χ2v) is 6.54. The second kappa shape index (κ2) is 10.1. The molecule has 1 fully saturated rings. The highest BCUT2D eigenvalue weighted by atomic mass is 15.2. The van der Waals surface area contributed by atoms with Crippen LogP contribution in [0.15, 0.2) is 41.4 Å². The Bertz CT molecular complexity index is 542. The van der Waals surface area contributed by atoms with Gasteiger partial charge in [0.1, 0.15) is 0 Å². The smallest absolute Gasteiger partial charge is 0.191 e. The van der Waals surface area contributed by atoms with E-state index in [1.807, 2.05) is 7.05 Å². The summed E-state index contributed by atoms with van der Waals surface area (Å²) in [5.41, 5.74) is 2.76. The first-order valence-electron chi connectivity index (χ1n) is 9.07. The number of aryl methyl sites for hydroxylation is 1. The fourth-order valence-electron chi connectivity index (χ4n) is 3.13. The average Bonchev–Trinajstić information content (AvgIpc) is 2.59. The minimum atomic E-state index is 0.520. The zero-order valence-electron chi connectivity index (χ0n) is 15.4. The predicted octanol–water partition coefficient (Wildman–Crippen LogP) is 3.09. The fourth-order valence-corrected chi connectivity index (χ4v) is 3.13. The maximum absolute atomic E-state index is 4.33. The maximum Gasteiger partial charge on any atom is 0.191 e. The van der Waals surface area contributed by atoms with Crippen molar-refractivity contribution in [3.63, 3.8) is 0 Å². The van der Waals surface area contributed by atoms with Crippen LogP contribution in [0, 0.1) is 6.92 Å². The van der Waals surface area contributed by atoms with E-state index in [1.54, 1.807) is 0 Å². The molecule has 1 aromatic rings. The summed E-state index contributed by atoms with van der Waals surface area (Å²) >= 11 is 0. The van der Waals surface area contributed by atoms with Gasteiger partial charge in [-0.15, -0.1) is 0 Å². The summed E-state index contributed by atoms with van der Waals surface area (Å²) in [7, 11) is 1.85. The van der Waals surface area contributed by atoms with Crippen molar-refractivity contribution >= 4 is 5.96 Å². The minimum Gasteiger partial charge on any atom is -0.356 e. The van der Waals surface area contributed by atoms with Gasteiger partial charge < -0.3 is 10.6 Å². The highest BCUT2D eigenvalue weighted by Gasteiger charge is 2.19. The fraction of sp³-hybridized carbons (Fsp3) is 0.550. The maximum atomic E-state index is 4.33. The number of allylic oxidation sites excluding steroid dienone is 1. The third kappa shape index (κ3) is 6.36. The number of nitrogens with zero attached hydrogens (tertiary/aromatic N) is 2. The highest BCUT2D eigenvalue weighted by Crippen LogP contribution is 2.14. The molecule has 0 bridgehead atoms. The van der Waals surface area contributed by atoms with Crippen LogP contribution in [0.3, 0.4) is 0 Å². The molecule has 0 aliphatic carbocycles. The van der Waals surface area contributed by atoms with Gasteiger partial charge in [0, 0.05) is 39.3 Å². The molecular weight excluding hydrogens is 296 g/mol. The molecule has 0 spiro atoms. The van der Waals surface area contributed by atoms with E-state index < -0.39 is 0 Å². The number of rotatable bonds is 6. The van der Waals surface area contributed by atoms with E-state index in [4.69, 9.17) is 0 Å². The van der Waals surface area contributed by atoms with E-state index in [-0.39, 0.29) is 0 Å². The van der Waals surface area contributed by atoms with Crippen molar-refractivity contribution in [2.75, 3.05) is 26.7 Å². The molecule has 1 heterocycles. The lowest BCUT2D eigenvalue weighted by Crippen LogP contribution is -2.48. The molecule has 0 amide bonds. The first-order valence-corrected chi connectivity index (χ1v) is 9.07. The van der Waals surface area contributed by atoms with E-state index >= 15 is 0 Å². The lowest BCUT2D eigenvalue weighted by molar-refractivity contribution is 0.198. The summed E-state index contributed by atoms with van der Waals surface area (Å²) in [5.74, 6) is 0.927.